The molecule has 0 aliphatic rings. The largest absolute Gasteiger partial charge is 0.355 e. The molecule has 0 saturated carbocycles. The predicted octanol–water partition coefficient (Wildman–Crippen LogP) is 5.30. The maximum atomic E-state index is 10.5. The highest BCUT2D eigenvalue weighted by Crippen LogP contribution is 2.27. The third-order valence-electron chi connectivity index (χ3n) is 3.50. The second-order valence-corrected chi connectivity index (χ2v) is 5.24. The van der Waals surface area contributed by atoms with E-state index < -0.39 is 0 Å². The predicted molar refractivity (Wildman–Crippen MR) is 101 cm³/mol. The van der Waals surface area contributed by atoms with Crippen molar-refractivity contribution in [2.24, 2.45) is 0 Å². The number of para-hydroxylation sites is 2. The average Bonchev–Trinajstić information content (AvgIpc) is 2.63. The molecule has 3 heteroatoms. The van der Waals surface area contributed by atoms with Gasteiger partial charge in [0.15, 0.2) is 0 Å². The van der Waals surface area contributed by atoms with E-state index in [1.54, 1.807) is 12.4 Å². The van der Waals surface area contributed by atoms with Crippen molar-refractivity contribution in [1.82, 2.24) is 0 Å². The summed E-state index contributed by atoms with van der Waals surface area (Å²) in [5.41, 5.74) is 4.80. The van der Waals surface area contributed by atoms with Crippen LogP contribution in [-0.2, 0) is 4.79 Å². The Morgan fingerprint density at radius 1 is 0.708 bits per heavy atom. The molecule has 24 heavy (non-hydrogen) atoms. The molecule has 0 fully saturated rings. The fourth-order valence-corrected chi connectivity index (χ4v) is 2.38. The van der Waals surface area contributed by atoms with Gasteiger partial charge in [-0.2, -0.15) is 0 Å². The third-order valence-corrected chi connectivity index (χ3v) is 3.50. The molecule has 117 valence electrons. The molecule has 0 bridgehead atoms. The van der Waals surface area contributed by atoms with Gasteiger partial charge >= 0.3 is 0 Å². The van der Waals surface area contributed by atoms with Crippen LogP contribution in [0.4, 0.5) is 22.7 Å². The lowest BCUT2D eigenvalue weighted by molar-refractivity contribution is 0.564. The van der Waals surface area contributed by atoms with Crippen LogP contribution in [-0.4, -0.2) is 6.29 Å². The van der Waals surface area contributed by atoms with Crippen molar-refractivity contribution in [2.75, 3.05) is 10.6 Å². The second-order valence-electron chi connectivity index (χ2n) is 5.24. The van der Waals surface area contributed by atoms with Gasteiger partial charge < -0.3 is 10.6 Å². The highest BCUT2D eigenvalue weighted by Gasteiger charge is 2.03. The maximum absolute atomic E-state index is 10.5. The topological polar surface area (TPSA) is 41.1 Å². The quantitative estimate of drug-likeness (QED) is 0.607. The molecule has 0 aromatic heterocycles. The Bertz CT molecular complexity index is 827. The van der Waals surface area contributed by atoms with Gasteiger partial charge in [0.05, 0.1) is 0 Å². The number of carbonyl (C=O) groups excluding carboxylic acids is 1. The smallest absolute Gasteiger partial charge is 0.225 e. The average molecular weight is 313 g/mol. The zero-order chi connectivity index (χ0) is 16.6. The first-order valence-electron chi connectivity index (χ1n) is 7.67. The van der Waals surface area contributed by atoms with E-state index in [1.807, 2.05) is 78.9 Å². The Hall–Kier alpha value is -3.33. The minimum absolute atomic E-state index is 0.911. The van der Waals surface area contributed by atoms with E-state index in [1.165, 1.54) is 6.08 Å². The summed E-state index contributed by atoms with van der Waals surface area (Å²) < 4.78 is 0. The molecule has 0 amide bonds. The normalized spacial score (nSPS) is 10.5. The van der Waals surface area contributed by atoms with E-state index in [9.17, 15) is 4.79 Å². The SMILES string of the molecule is O=[C]C=Cc1ccc(Nc2ccccc2)cc1Nc1ccccc1. The first-order valence-corrected chi connectivity index (χ1v) is 7.67. The highest BCUT2D eigenvalue weighted by molar-refractivity contribution is 5.82. The minimum Gasteiger partial charge on any atom is -0.355 e. The van der Waals surface area contributed by atoms with Gasteiger partial charge in [-0.15, -0.1) is 0 Å². The van der Waals surface area contributed by atoms with Crippen molar-refractivity contribution < 1.29 is 4.79 Å². The van der Waals surface area contributed by atoms with Gasteiger partial charge in [-0.3, -0.25) is 4.79 Å². The van der Waals surface area contributed by atoms with Gasteiger partial charge in [0.25, 0.3) is 0 Å². The molecule has 3 nitrogen and oxygen atoms in total. The van der Waals surface area contributed by atoms with Gasteiger partial charge in [0.2, 0.25) is 6.29 Å². The molecule has 0 spiro atoms. The number of nitrogens with one attached hydrogen (secondary N) is 2. The van der Waals surface area contributed by atoms with Crippen LogP contribution in [0.2, 0.25) is 0 Å². The van der Waals surface area contributed by atoms with Crippen molar-refractivity contribution in [3.05, 3.63) is 90.5 Å². The fraction of sp³-hybridized carbons (Fsp3) is 0. The summed E-state index contributed by atoms with van der Waals surface area (Å²) in [6, 6.07) is 25.9. The van der Waals surface area contributed by atoms with E-state index in [2.05, 4.69) is 10.6 Å². The fourth-order valence-electron chi connectivity index (χ4n) is 2.38. The van der Waals surface area contributed by atoms with Crippen LogP contribution in [0.1, 0.15) is 5.56 Å². The molecular weight excluding hydrogens is 296 g/mol. The van der Waals surface area contributed by atoms with Gasteiger partial charge in [0.1, 0.15) is 0 Å². The van der Waals surface area contributed by atoms with Gasteiger partial charge in [-0.05, 0) is 54.1 Å². The van der Waals surface area contributed by atoms with E-state index in [0.717, 1.165) is 28.3 Å². The van der Waals surface area contributed by atoms with Crippen LogP contribution in [0.15, 0.2) is 84.9 Å². The molecule has 0 aliphatic carbocycles. The summed E-state index contributed by atoms with van der Waals surface area (Å²) in [6.07, 6.45) is 4.90. The number of anilines is 4. The molecule has 3 aromatic rings. The van der Waals surface area contributed by atoms with Crippen LogP contribution >= 0.6 is 0 Å². The first-order chi connectivity index (χ1) is 11.8. The summed E-state index contributed by atoms with van der Waals surface area (Å²) in [4.78, 5) is 10.5. The summed E-state index contributed by atoms with van der Waals surface area (Å²) in [6.45, 7) is 0. The number of hydrogen-bond acceptors (Lipinski definition) is 3. The monoisotopic (exact) mass is 313 g/mol. The Balaban J connectivity index is 1.91. The van der Waals surface area contributed by atoms with Crippen molar-refractivity contribution in [3.8, 4) is 0 Å². The molecule has 3 aromatic carbocycles. The lowest BCUT2D eigenvalue weighted by Crippen LogP contribution is -1.96. The first kappa shape index (κ1) is 15.6. The Kier molecular flexibility index (Phi) is 5.05. The van der Waals surface area contributed by atoms with Crippen LogP contribution in [0.25, 0.3) is 6.08 Å². The molecule has 0 heterocycles. The summed E-state index contributed by atoms with van der Waals surface area (Å²) in [5, 5.41) is 6.76. The van der Waals surface area contributed by atoms with Crippen LogP contribution in [0.3, 0.4) is 0 Å². The van der Waals surface area contributed by atoms with E-state index in [4.69, 9.17) is 0 Å². The number of rotatable bonds is 6. The molecule has 0 unspecified atom stereocenters. The molecule has 0 saturated heterocycles. The molecule has 3 rings (SSSR count). The van der Waals surface area contributed by atoms with Crippen LogP contribution in [0.5, 0.6) is 0 Å². The maximum Gasteiger partial charge on any atom is 0.225 e. The summed E-state index contributed by atoms with van der Waals surface area (Å²) in [7, 11) is 0. The molecule has 0 aliphatic heterocycles. The Morgan fingerprint density at radius 2 is 1.33 bits per heavy atom. The van der Waals surface area contributed by atoms with Gasteiger partial charge in [-0.25, -0.2) is 0 Å². The van der Waals surface area contributed by atoms with Gasteiger partial charge in [-0.1, -0.05) is 42.5 Å². The van der Waals surface area contributed by atoms with Gasteiger partial charge in [0, 0.05) is 22.7 Å². The molecular formula is C21H17N2O. The zero-order valence-corrected chi connectivity index (χ0v) is 13.1. The molecule has 2 N–H and O–H groups in total. The molecule has 1 radical (unpaired) electrons. The zero-order valence-electron chi connectivity index (χ0n) is 13.1. The second kappa shape index (κ2) is 7.79. The Labute approximate surface area is 141 Å². The van der Waals surface area contributed by atoms with Crippen molar-refractivity contribution in [3.63, 3.8) is 0 Å². The lowest BCUT2D eigenvalue weighted by Gasteiger charge is -2.13. The highest BCUT2D eigenvalue weighted by atomic mass is 16.1. The molecule has 0 atom stereocenters. The third kappa shape index (κ3) is 4.11. The summed E-state index contributed by atoms with van der Waals surface area (Å²) >= 11 is 0. The van der Waals surface area contributed by atoms with Crippen molar-refractivity contribution >= 4 is 35.1 Å². The lowest BCUT2D eigenvalue weighted by atomic mass is 10.1. The minimum atomic E-state index is 0.911. The van der Waals surface area contributed by atoms with Crippen LogP contribution in [0, 0.1) is 0 Å². The van der Waals surface area contributed by atoms with E-state index >= 15 is 0 Å². The van der Waals surface area contributed by atoms with E-state index in [-0.39, 0.29) is 0 Å². The standard InChI is InChI=1S/C21H17N2O/c24-15-7-8-17-13-14-20(22-18-9-3-1-4-10-18)16-21(17)23-19-11-5-2-6-12-19/h1-14,16,22-23H. The number of hydrogen-bond donors (Lipinski definition) is 2. The Morgan fingerprint density at radius 3 is 1.96 bits per heavy atom. The summed E-state index contributed by atoms with van der Waals surface area (Å²) in [5.74, 6) is 0. The number of benzene rings is 3. The van der Waals surface area contributed by atoms with E-state index in [0.29, 0.717) is 0 Å². The van der Waals surface area contributed by atoms with Crippen LogP contribution < -0.4 is 10.6 Å². The number of allylic oxidation sites excluding steroid dienone is 1. The van der Waals surface area contributed by atoms with Crippen molar-refractivity contribution in [1.29, 1.82) is 0 Å². The van der Waals surface area contributed by atoms with Crippen molar-refractivity contribution in [2.45, 2.75) is 0 Å².